The van der Waals surface area contributed by atoms with Gasteiger partial charge in [0.15, 0.2) is 0 Å². The minimum absolute atomic E-state index is 0.0176. The third kappa shape index (κ3) is 3.87. The number of piperazine rings is 1. The molecule has 6 heteroatoms. The van der Waals surface area contributed by atoms with E-state index in [1.54, 1.807) is 43.9 Å². The first kappa shape index (κ1) is 15.2. The highest BCUT2D eigenvalue weighted by molar-refractivity contribution is 5.97. The largest absolute Gasteiger partial charge is 0.444 e. The van der Waals surface area contributed by atoms with E-state index >= 15 is 0 Å². The van der Waals surface area contributed by atoms with Crippen LogP contribution in [0, 0.1) is 0 Å². The molecule has 0 spiro atoms. The molecule has 1 aromatic rings. The first-order valence-electron chi connectivity index (χ1n) is 6.90. The number of hydrogen-bond donors (Lipinski definition) is 1. The first-order chi connectivity index (χ1) is 9.76. The van der Waals surface area contributed by atoms with Crippen LogP contribution in [-0.2, 0) is 9.53 Å². The summed E-state index contributed by atoms with van der Waals surface area (Å²) in [5, 5.41) is 0. The van der Waals surface area contributed by atoms with Crippen LogP contribution in [0.1, 0.15) is 20.8 Å². The van der Waals surface area contributed by atoms with Gasteiger partial charge in [0.1, 0.15) is 12.1 Å². The topological polar surface area (TPSA) is 75.9 Å². The second-order valence-corrected chi connectivity index (χ2v) is 6.04. The molecule has 2 N–H and O–H groups in total. The Bertz CT molecular complexity index is 551. The van der Waals surface area contributed by atoms with E-state index in [4.69, 9.17) is 10.5 Å². The number of hydrogen-bond acceptors (Lipinski definition) is 4. The number of nitrogens with zero attached hydrogens (tertiary/aromatic N) is 2. The van der Waals surface area contributed by atoms with E-state index in [0.717, 1.165) is 5.69 Å². The molecule has 1 aliphatic heterocycles. The molecule has 0 aliphatic carbocycles. The molecule has 6 nitrogen and oxygen atoms in total. The van der Waals surface area contributed by atoms with Gasteiger partial charge in [-0.15, -0.1) is 0 Å². The van der Waals surface area contributed by atoms with Crippen molar-refractivity contribution in [3.05, 3.63) is 24.3 Å². The van der Waals surface area contributed by atoms with Gasteiger partial charge in [-0.25, -0.2) is 4.79 Å². The second kappa shape index (κ2) is 5.63. The number of nitrogens with two attached hydrogens (primary N) is 1. The lowest BCUT2D eigenvalue weighted by molar-refractivity contribution is -0.121. The van der Waals surface area contributed by atoms with Crippen LogP contribution in [0.4, 0.5) is 16.2 Å². The summed E-state index contributed by atoms with van der Waals surface area (Å²) in [4.78, 5) is 27.3. The summed E-state index contributed by atoms with van der Waals surface area (Å²) in [6, 6.07) is 7.15. The van der Waals surface area contributed by atoms with Crippen molar-refractivity contribution in [2.24, 2.45) is 0 Å². The van der Waals surface area contributed by atoms with Crippen LogP contribution in [0.2, 0.25) is 0 Å². The summed E-state index contributed by atoms with van der Waals surface area (Å²) in [6.07, 6.45) is -0.455. The monoisotopic (exact) mass is 291 g/mol. The van der Waals surface area contributed by atoms with Crippen molar-refractivity contribution < 1.29 is 14.3 Å². The molecule has 1 saturated heterocycles. The number of amides is 2. The number of benzene rings is 1. The van der Waals surface area contributed by atoms with Gasteiger partial charge in [0.05, 0.1) is 0 Å². The Morgan fingerprint density at radius 2 is 2.00 bits per heavy atom. The number of rotatable bonds is 1. The predicted octanol–water partition coefficient (Wildman–Crippen LogP) is 1.85. The van der Waals surface area contributed by atoms with Crippen LogP contribution in [0.15, 0.2) is 24.3 Å². The fourth-order valence-electron chi connectivity index (χ4n) is 2.12. The normalized spacial score (nSPS) is 16.0. The lowest BCUT2D eigenvalue weighted by atomic mass is 10.2. The average Bonchev–Trinajstić information content (AvgIpc) is 2.36. The molecule has 0 atom stereocenters. The summed E-state index contributed by atoms with van der Waals surface area (Å²) in [5.41, 5.74) is 6.53. The quantitative estimate of drug-likeness (QED) is 0.801. The molecule has 2 rings (SSSR count). The zero-order valence-corrected chi connectivity index (χ0v) is 12.6. The molecule has 0 radical (unpaired) electrons. The van der Waals surface area contributed by atoms with Crippen LogP contribution >= 0.6 is 0 Å². The van der Waals surface area contributed by atoms with E-state index < -0.39 is 11.7 Å². The van der Waals surface area contributed by atoms with Crippen LogP contribution in [0.5, 0.6) is 0 Å². The van der Waals surface area contributed by atoms with Crippen LogP contribution in [0.25, 0.3) is 0 Å². The minimum atomic E-state index is -0.564. The third-order valence-corrected chi connectivity index (χ3v) is 3.05. The summed E-state index contributed by atoms with van der Waals surface area (Å²) in [7, 11) is 0. The molecule has 0 aromatic heterocycles. The van der Waals surface area contributed by atoms with Crippen molar-refractivity contribution in [2.45, 2.75) is 26.4 Å². The van der Waals surface area contributed by atoms with Gasteiger partial charge in [0.25, 0.3) is 0 Å². The zero-order chi connectivity index (χ0) is 15.6. The minimum Gasteiger partial charge on any atom is -0.444 e. The highest BCUT2D eigenvalue weighted by atomic mass is 16.6. The molecule has 21 heavy (non-hydrogen) atoms. The molecular formula is C15H21N3O3. The van der Waals surface area contributed by atoms with Crippen molar-refractivity contribution in [1.82, 2.24) is 4.90 Å². The van der Waals surface area contributed by atoms with Crippen LogP contribution < -0.4 is 10.6 Å². The molecule has 2 amide bonds. The van der Waals surface area contributed by atoms with E-state index in [-0.39, 0.29) is 12.5 Å². The standard InChI is InChI=1S/C15H21N3O3/c1-15(2,3)21-14(20)17-7-8-18(13(19)10-17)12-6-4-5-11(16)9-12/h4-6,9H,7-8,10,16H2,1-3H3. The summed E-state index contributed by atoms with van der Waals surface area (Å²) >= 11 is 0. The van der Waals surface area contributed by atoms with Gasteiger partial charge in [-0.2, -0.15) is 0 Å². The number of anilines is 2. The first-order valence-corrected chi connectivity index (χ1v) is 6.90. The Kier molecular flexibility index (Phi) is 4.06. The second-order valence-electron chi connectivity index (χ2n) is 6.04. The highest BCUT2D eigenvalue weighted by Gasteiger charge is 2.30. The van der Waals surface area contributed by atoms with Crippen molar-refractivity contribution in [3.8, 4) is 0 Å². The summed E-state index contributed by atoms with van der Waals surface area (Å²) < 4.78 is 5.28. The molecule has 0 saturated carbocycles. The van der Waals surface area contributed by atoms with Gasteiger partial charge in [0, 0.05) is 24.5 Å². The molecule has 114 valence electrons. The maximum absolute atomic E-state index is 12.2. The van der Waals surface area contributed by atoms with Gasteiger partial charge in [-0.05, 0) is 39.0 Å². The van der Waals surface area contributed by atoms with Crippen LogP contribution in [0.3, 0.4) is 0 Å². The van der Waals surface area contributed by atoms with Crippen molar-refractivity contribution in [3.63, 3.8) is 0 Å². The smallest absolute Gasteiger partial charge is 0.410 e. The molecule has 0 bridgehead atoms. The molecule has 0 unspecified atom stereocenters. The zero-order valence-electron chi connectivity index (χ0n) is 12.6. The van der Waals surface area contributed by atoms with Crippen molar-refractivity contribution in [1.29, 1.82) is 0 Å². The van der Waals surface area contributed by atoms with E-state index in [1.165, 1.54) is 4.90 Å². The number of ether oxygens (including phenoxy) is 1. The number of nitrogen functional groups attached to an aromatic ring is 1. The van der Waals surface area contributed by atoms with E-state index in [9.17, 15) is 9.59 Å². The Labute approximate surface area is 124 Å². The van der Waals surface area contributed by atoms with Gasteiger partial charge in [0.2, 0.25) is 5.91 Å². The Hall–Kier alpha value is -2.24. The fraction of sp³-hybridized carbons (Fsp3) is 0.467. The summed E-state index contributed by atoms with van der Waals surface area (Å²) in [6.45, 7) is 6.29. The molecule has 1 aromatic carbocycles. The van der Waals surface area contributed by atoms with Gasteiger partial charge >= 0.3 is 6.09 Å². The lowest BCUT2D eigenvalue weighted by Gasteiger charge is -2.35. The molecule has 1 fully saturated rings. The lowest BCUT2D eigenvalue weighted by Crippen LogP contribution is -2.53. The Morgan fingerprint density at radius 1 is 1.29 bits per heavy atom. The number of carbonyl (C=O) groups excluding carboxylic acids is 2. The van der Waals surface area contributed by atoms with Gasteiger partial charge < -0.3 is 15.4 Å². The van der Waals surface area contributed by atoms with Crippen molar-refractivity contribution in [2.75, 3.05) is 30.3 Å². The highest BCUT2D eigenvalue weighted by Crippen LogP contribution is 2.20. The average molecular weight is 291 g/mol. The Balaban J connectivity index is 2.03. The molecule has 1 aliphatic rings. The Morgan fingerprint density at radius 3 is 2.57 bits per heavy atom. The van der Waals surface area contributed by atoms with Crippen molar-refractivity contribution >= 4 is 23.4 Å². The number of carbonyl (C=O) groups is 2. The summed E-state index contributed by atoms with van der Waals surface area (Å²) in [5.74, 6) is -0.141. The predicted molar refractivity (Wildman–Crippen MR) is 81.0 cm³/mol. The van der Waals surface area contributed by atoms with Gasteiger partial charge in [-0.3, -0.25) is 9.69 Å². The third-order valence-electron chi connectivity index (χ3n) is 3.05. The molecular weight excluding hydrogens is 270 g/mol. The van der Waals surface area contributed by atoms with Crippen LogP contribution in [-0.4, -0.2) is 42.1 Å². The molecule has 1 heterocycles. The van der Waals surface area contributed by atoms with E-state index in [1.807, 2.05) is 6.07 Å². The maximum atomic E-state index is 12.2. The SMILES string of the molecule is CC(C)(C)OC(=O)N1CCN(c2cccc(N)c2)C(=O)C1. The van der Waals surface area contributed by atoms with Gasteiger partial charge in [-0.1, -0.05) is 6.07 Å². The maximum Gasteiger partial charge on any atom is 0.410 e. The van der Waals surface area contributed by atoms with E-state index in [0.29, 0.717) is 18.8 Å². The fourth-order valence-corrected chi connectivity index (χ4v) is 2.12. The van der Waals surface area contributed by atoms with E-state index in [2.05, 4.69) is 0 Å².